The quantitative estimate of drug-likeness (QED) is 0.555. The van der Waals surface area contributed by atoms with Crippen molar-refractivity contribution in [2.24, 2.45) is 0 Å². The molecule has 0 aliphatic heterocycles. The van der Waals surface area contributed by atoms with Gasteiger partial charge < -0.3 is 5.32 Å². The fourth-order valence-corrected chi connectivity index (χ4v) is 3.27. The summed E-state index contributed by atoms with van der Waals surface area (Å²) >= 11 is 7.44. The minimum Gasteiger partial charge on any atom is -0.322 e. The summed E-state index contributed by atoms with van der Waals surface area (Å²) in [7, 11) is 0. The number of anilines is 1. The van der Waals surface area contributed by atoms with E-state index in [1.54, 1.807) is 11.8 Å². The first-order chi connectivity index (χ1) is 12.1. The molecule has 3 aromatic rings. The van der Waals surface area contributed by atoms with Crippen molar-refractivity contribution in [1.82, 2.24) is 0 Å². The van der Waals surface area contributed by atoms with Crippen molar-refractivity contribution in [2.45, 2.75) is 10.6 Å². The Morgan fingerprint density at radius 1 is 1.00 bits per heavy atom. The molecule has 0 spiro atoms. The van der Waals surface area contributed by atoms with E-state index in [2.05, 4.69) is 17.4 Å². The van der Waals surface area contributed by atoms with Crippen molar-refractivity contribution in [3.8, 4) is 0 Å². The molecule has 0 aromatic heterocycles. The van der Waals surface area contributed by atoms with E-state index in [1.165, 1.54) is 17.0 Å². The summed E-state index contributed by atoms with van der Waals surface area (Å²) < 4.78 is 13.8. The van der Waals surface area contributed by atoms with Gasteiger partial charge in [0.15, 0.2) is 0 Å². The SMILES string of the molecule is O=C(Nc1ccc(CSc2ccccc2)cc1)c1ccc(Cl)cc1F. The predicted octanol–water partition coefficient (Wildman–Crippen LogP) is 6.02. The van der Waals surface area contributed by atoms with Crippen LogP contribution in [-0.4, -0.2) is 5.91 Å². The first-order valence-corrected chi connectivity index (χ1v) is 9.01. The largest absolute Gasteiger partial charge is 0.322 e. The van der Waals surface area contributed by atoms with Crippen molar-refractivity contribution in [3.05, 3.63) is 94.8 Å². The maximum absolute atomic E-state index is 13.8. The molecule has 0 aliphatic carbocycles. The zero-order valence-corrected chi connectivity index (χ0v) is 14.8. The van der Waals surface area contributed by atoms with E-state index in [0.29, 0.717) is 5.69 Å². The highest BCUT2D eigenvalue weighted by Crippen LogP contribution is 2.23. The van der Waals surface area contributed by atoms with Crippen LogP contribution in [0.1, 0.15) is 15.9 Å². The van der Waals surface area contributed by atoms with Crippen LogP contribution in [0.3, 0.4) is 0 Å². The number of carbonyl (C=O) groups excluding carboxylic acids is 1. The Balaban J connectivity index is 1.61. The van der Waals surface area contributed by atoms with Gasteiger partial charge in [0.05, 0.1) is 5.56 Å². The number of carbonyl (C=O) groups is 1. The standard InChI is InChI=1S/C20H15ClFNOS/c21-15-8-11-18(19(22)12-15)20(24)23-16-9-6-14(7-10-16)13-25-17-4-2-1-3-5-17/h1-12H,13H2,(H,23,24). The van der Waals surface area contributed by atoms with Crippen LogP contribution in [0.2, 0.25) is 5.02 Å². The highest BCUT2D eigenvalue weighted by atomic mass is 35.5. The molecule has 1 amide bonds. The van der Waals surface area contributed by atoms with Crippen molar-refractivity contribution < 1.29 is 9.18 Å². The lowest BCUT2D eigenvalue weighted by molar-refractivity contribution is 0.102. The lowest BCUT2D eigenvalue weighted by Gasteiger charge is -2.08. The maximum atomic E-state index is 13.8. The molecule has 3 aromatic carbocycles. The molecule has 2 nitrogen and oxygen atoms in total. The molecule has 0 bridgehead atoms. The summed E-state index contributed by atoms with van der Waals surface area (Å²) in [6.45, 7) is 0. The molecular formula is C20H15ClFNOS. The number of thioether (sulfide) groups is 1. The van der Waals surface area contributed by atoms with Crippen LogP contribution in [-0.2, 0) is 5.75 Å². The number of rotatable bonds is 5. The van der Waals surface area contributed by atoms with Crippen LogP contribution in [0.5, 0.6) is 0 Å². The Bertz CT molecular complexity index is 869. The molecule has 0 radical (unpaired) electrons. The van der Waals surface area contributed by atoms with E-state index in [9.17, 15) is 9.18 Å². The summed E-state index contributed by atoms with van der Waals surface area (Å²) in [4.78, 5) is 13.4. The molecule has 0 heterocycles. The van der Waals surface area contributed by atoms with Gasteiger partial charge in [-0.25, -0.2) is 4.39 Å². The molecule has 5 heteroatoms. The summed E-state index contributed by atoms with van der Waals surface area (Å²) in [5.41, 5.74) is 1.73. The molecule has 0 unspecified atom stereocenters. The second-order valence-electron chi connectivity index (χ2n) is 5.38. The van der Waals surface area contributed by atoms with Crippen molar-refractivity contribution >= 4 is 35.0 Å². The average molecular weight is 372 g/mol. The lowest BCUT2D eigenvalue weighted by atomic mass is 10.2. The summed E-state index contributed by atoms with van der Waals surface area (Å²) in [6.07, 6.45) is 0. The number of halogens is 2. The van der Waals surface area contributed by atoms with Gasteiger partial charge in [-0.15, -0.1) is 11.8 Å². The van der Waals surface area contributed by atoms with Gasteiger partial charge in [0.2, 0.25) is 0 Å². The van der Waals surface area contributed by atoms with Gasteiger partial charge in [-0.05, 0) is 48.0 Å². The topological polar surface area (TPSA) is 29.1 Å². The number of hydrogen-bond donors (Lipinski definition) is 1. The van der Waals surface area contributed by atoms with Crippen molar-refractivity contribution in [1.29, 1.82) is 0 Å². The van der Waals surface area contributed by atoms with Crippen molar-refractivity contribution in [2.75, 3.05) is 5.32 Å². The predicted molar refractivity (Wildman–Crippen MR) is 102 cm³/mol. The van der Waals surface area contributed by atoms with Crippen LogP contribution in [0, 0.1) is 5.82 Å². The van der Waals surface area contributed by atoms with Crippen LogP contribution >= 0.6 is 23.4 Å². The number of nitrogens with one attached hydrogen (secondary N) is 1. The number of benzene rings is 3. The zero-order valence-electron chi connectivity index (χ0n) is 13.2. The second-order valence-corrected chi connectivity index (χ2v) is 6.86. The molecule has 3 rings (SSSR count). The first kappa shape index (κ1) is 17.5. The highest BCUT2D eigenvalue weighted by molar-refractivity contribution is 7.98. The first-order valence-electron chi connectivity index (χ1n) is 7.65. The molecular weight excluding hydrogens is 357 g/mol. The summed E-state index contributed by atoms with van der Waals surface area (Å²) in [5, 5.41) is 2.95. The normalized spacial score (nSPS) is 10.5. The monoisotopic (exact) mass is 371 g/mol. The summed E-state index contributed by atoms with van der Waals surface area (Å²) in [6, 6.07) is 21.7. The van der Waals surface area contributed by atoms with E-state index >= 15 is 0 Å². The Labute approximate surface area is 155 Å². The highest BCUT2D eigenvalue weighted by Gasteiger charge is 2.12. The van der Waals surface area contributed by atoms with Gasteiger partial charge in [0.25, 0.3) is 5.91 Å². The van der Waals surface area contributed by atoms with Crippen LogP contribution < -0.4 is 5.32 Å². The van der Waals surface area contributed by atoms with Gasteiger partial charge in [0, 0.05) is 21.4 Å². The Hall–Kier alpha value is -2.30. The minimum atomic E-state index is -0.638. The van der Waals surface area contributed by atoms with Crippen LogP contribution in [0.4, 0.5) is 10.1 Å². The number of hydrogen-bond acceptors (Lipinski definition) is 2. The molecule has 0 saturated carbocycles. The Morgan fingerprint density at radius 2 is 1.72 bits per heavy atom. The lowest BCUT2D eigenvalue weighted by Crippen LogP contribution is -2.13. The molecule has 25 heavy (non-hydrogen) atoms. The second kappa shape index (κ2) is 8.19. The Kier molecular flexibility index (Phi) is 5.74. The maximum Gasteiger partial charge on any atom is 0.258 e. The third-order valence-corrected chi connectivity index (χ3v) is 4.85. The Morgan fingerprint density at radius 3 is 2.40 bits per heavy atom. The fourth-order valence-electron chi connectivity index (χ4n) is 2.24. The summed E-state index contributed by atoms with van der Waals surface area (Å²) in [5.74, 6) is -0.300. The van der Waals surface area contributed by atoms with Gasteiger partial charge in [-0.2, -0.15) is 0 Å². The van der Waals surface area contributed by atoms with Crippen molar-refractivity contribution in [3.63, 3.8) is 0 Å². The molecule has 0 saturated heterocycles. The minimum absolute atomic E-state index is 0.0342. The van der Waals surface area contributed by atoms with Gasteiger partial charge in [-0.1, -0.05) is 41.9 Å². The molecule has 0 atom stereocenters. The van der Waals surface area contributed by atoms with Crippen LogP contribution in [0.25, 0.3) is 0 Å². The van der Waals surface area contributed by atoms with Gasteiger partial charge in [-0.3, -0.25) is 4.79 Å². The smallest absolute Gasteiger partial charge is 0.258 e. The van der Waals surface area contributed by atoms with E-state index < -0.39 is 11.7 Å². The third-order valence-electron chi connectivity index (χ3n) is 3.54. The zero-order chi connectivity index (χ0) is 17.6. The van der Waals surface area contributed by atoms with Crippen LogP contribution in [0.15, 0.2) is 77.7 Å². The van der Waals surface area contributed by atoms with E-state index in [0.717, 1.165) is 17.4 Å². The van der Waals surface area contributed by atoms with Gasteiger partial charge >= 0.3 is 0 Å². The molecule has 1 N–H and O–H groups in total. The van der Waals surface area contributed by atoms with E-state index in [1.807, 2.05) is 42.5 Å². The van der Waals surface area contributed by atoms with E-state index in [4.69, 9.17) is 11.6 Å². The van der Waals surface area contributed by atoms with E-state index in [-0.39, 0.29) is 10.6 Å². The fraction of sp³-hybridized carbons (Fsp3) is 0.0500. The number of amides is 1. The average Bonchev–Trinajstić information content (AvgIpc) is 2.62. The van der Waals surface area contributed by atoms with Gasteiger partial charge in [0.1, 0.15) is 5.82 Å². The third kappa shape index (κ3) is 4.84. The molecule has 0 aliphatic rings. The molecule has 126 valence electrons. The molecule has 0 fully saturated rings.